The molecule has 1 heterocycles. The lowest BCUT2D eigenvalue weighted by atomic mass is 9.98. The van der Waals surface area contributed by atoms with Gasteiger partial charge in [-0.25, -0.2) is 9.38 Å². The predicted molar refractivity (Wildman–Crippen MR) is 137 cm³/mol. The van der Waals surface area contributed by atoms with Gasteiger partial charge in [-0.1, -0.05) is 43.3 Å². The van der Waals surface area contributed by atoms with Gasteiger partial charge in [0, 0.05) is 16.8 Å². The van der Waals surface area contributed by atoms with Gasteiger partial charge < -0.3 is 10.2 Å². The highest BCUT2D eigenvalue weighted by Crippen LogP contribution is 2.35. The standard InChI is InChI=1S/C28H30F4N4/c1-4-18-8-6-11-24-25(18)34-26(35-27(24)33-12-7-13-36(2)3)20-10-5-9-19(14-20)21-15-22(28(30,31)32)17-23(29)16-21/h5-6,8-11,14-17,27,33H,4,7,12-13H2,1-3H3,(H,34,35). The van der Waals surface area contributed by atoms with E-state index in [1.54, 1.807) is 18.2 Å². The molecule has 4 rings (SSSR count). The van der Waals surface area contributed by atoms with Crippen LogP contribution >= 0.6 is 0 Å². The average molecular weight is 499 g/mol. The Morgan fingerprint density at radius 1 is 0.972 bits per heavy atom. The van der Waals surface area contributed by atoms with Crippen molar-refractivity contribution in [1.29, 1.82) is 0 Å². The Balaban J connectivity index is 1.69. The van der Waals surface area contributed by atoms with Gasteiger partial charge in [0.05, 0.1) is 5.56 Å². The van der Waals surface area contributed by atoms with Crippen LogP contribution in [0.25, 0.3) is 11.1 Å². The molecule has 0 spiro atoms. The molecule has 0 bridgehead atoms. The summed E-state index contributed by atoms with van der Waals surface area (Å²) in [5.41, 5.74) is 3.53. The highest BCUT2D eigenvalue weighted by molar-refractivity contribution is 6.10. The van der Waals surface area contributed by atoms with Crippen molar-refractivity contribution in [2.75, 3.05) is 32.5 Å². The van der Waals surface area contributed by atoms with Crippen LogP contribution in [0.5, 0.6) is 0 Å². The zero-order valence-electron chi connectivity index (χ0n) is 20.6. The van der Waals surface area contributed by atoms with Crippen molar-refractivity contribution in [2.24, 2.45) is 4.99 Å². The number of hydrogen-bond donors (Lipinski definition) is 2. The van der Waals surface area contributed by atoms with Gasteiger partial charge in [-0.15, -0.1) is 0 Å². The molecule has 0 fully saturated rings. The summed E-state index contributed by atoms with van der Waals surface area (Å²) in [6, 6.07) is 15.7. The first-order valence-corrected chi connectivity index (χ1v) is 12.0. The molecule has 1 unspecified atom stereocenters. The Labute approximate surface area is 209 Å². The number of aryl methyl sites for hydroxylation is 1. The average Bonchev–Trinajstić information content (AvgIpc) is 2.85. The number of aliphatic imine (C=N–C) groups is 1. The first-order chi connectivity index (χ1) is 17.2. The number of nitrogens with zero attached hydrogens (tertiary/aromatic N) is 2. The topological polar surface area (TPSA) is 39.7 Å². The number of amidine groups is 1. The fourth-order valence-corrected chi connectivity index (χ4v) is 4.35. The van der Waals surface area contributed by atoms with E-state index in [1.165, 1.54) is 0 Å². The van der Waals surface area contributed by atoms with Crippen molar-refractivity contribution in [3.05, 3.63) is 88.7 Å². The van der Waals surface area contributed by atoms with Crippen molar-refractivity contribution in [3.8, 4) is 11.1 Å². The van der Waals surface area contributed by atoms with Gasteiger partial charge in [0.2, 0.25) is 0 Å². The van der Waals surface area contributed by atoms with E-state index in [0.29, 0.717) is 23.0 Å². The quantitative estimate of drug-likeness (QED) is 0.276. The Morgan fingerprint density at radius 3 is 2.44 bits per heavy atom. The third-order valence-electron chi connectivity index (χ3n) is 6.17. The fraction of sp³-hybridized carbons (Fsp3) is 0.321. The van der Waals surface area contributed by atoms with Crippen LogP contribution in [0.15, 0.2) is 65.7 Å². The maximum Gasteiger partial charge on any atom is 0.416 e. The predicted octanol–water partition coefficient (Wildman–Crippen LogP) is 6.49. The van der Waals surface area contributed by atoms with E-state index in [2.05, 4.69) is 28.5 Å². The first-order valence-electron chi connectivity index (χ1n) is 12.0. The molecule has 3 aromatic rings. The highest BCUT2D eigenvalue weighted by Gasteiger charge is 2.31. The number of anilines is 1. The summed E-state index contributed by atoms with van der Waals surface area (Å²) < 4.78 is 53.8. The molecule has 190 valence electrons. The molecule has 36 heavy (non-hydrogen) atoms. The van der Waals surface area contributed by atoms with Crippen LogP contribution in [-0.4, -0.2) is 37.9 Å². The van der Waals surface area contributed by atoms with Gasteiger partial charge in [0.15, 0.2) is 0 Å². The van der Waals surface area contributed by atoms with E-state index >= 15 is 0 Å². The summed E-state index contributed by atoms with van der Waals surface area (Å²) in [6.45, 7) is 3.82. The highest BCUT2D eigenvalue weighted by atomic mass is 19.4. The van der Waals surface area contributed by atoms with Gasteiger partial charge in [-0.2, -0.15) is 13.2 Å². The molecular weight excluding hydrogens is 468 g/mol. The molecule has 1 atom stereocenters. The third-order valence-corrected chi connectivity index (χ3v) is 6.17. The number of halogens is 4. The van der Waals surface area contributed by atoms with Crippen LogP contribution in [0.1, 0.15) is 41.8 Å². The monoisotopic (exact) mass is 498 g/mol. The lowest BCUT2D eigenvalue weighted by molar-refractivity contribution is -0.137. The third kappa shape index (κ3) is 5.94. The van der Waals surface area contributed by atoms with E-state index in [0.717, 1.165) is 54.9 Å². The van der Waals surface area contributed by atoms with E-state index in [-0.39, 0.29) is 11.7 Å². The minimum atomic E-state index is -4.63. The molecule has 0 aliphatic carbocycles. The van der Waals surface area contributed by atoms with Crippen LogP contribution in [-0.2, 0) is 12.6 Å². The van der Waals surface area contributed by atoms with Crippen LogP contribution in [0.2, 0.25) is 0 Å². The van der Waals surface area contributed by atoms with E-state index in [9.17, 15) is 17.6 Å². The zero-order chi connectivity index (χ0) is 25.9. The second-order valence-electron chi connectivity index (χ2n) is 9.16. The van der Waals surface area contributed by atoms with Crippen LogP contribution in [0.4, 0.5) is 23.2 Å². The smallest absolute Gasteiger partial charge is 0.339 e. The van der Waals surface area contributed by atoms with Gasteiger partial charge in [-0.05, 0) is 81.0 Å². The van der Waals surface area contributed by atoms with Crippen molar-refractivity contribution in [1.82, 2.24) is 10.2 Å². The van der Waals surface area contributed by atoms with E-state index in [4.69, 9.17) is 4.99 Å². The van der Waals surface area contributed by atoms with Crippen LogP contribution in [0.3, 0.4) is 0 Å². The van der Waals surface area contributed by atoms with Gasteiger partial charge >= 0.3 is 6.18 Å². The SMILES string of the molecule is CCc1cccc2c1NC(c1cccc(-c3cc(F)cc(C(F)(F)F)c3)c1)=NC2NCCCN(C)C. The zero-order valence-corrected chi connectivity index (χ0v) is 20.6. The number of alkyl halides is 3. The summed E-state index contributed by atoms with van der Waals surface area (Å²) in [5.74, 6) is -0.315. The maximum absolute atomic E-state index is 14.0. The molecule has 4 nitrogen and oxygen atoms in total. The number of para-hydroxylation sites is 1. The summed E-state index contributed by atoms with van der Waals surface area (Å²) >= 11 is 0. The molecule has 2 N–H and O–H groups in total. The Kier molecular flexibility index (Phi) is 7.76. The fourth-order valence-electron chi connectivity index (χ4n) is 4.35. The van der Waals surface area contributed by atoms with Crippen LogP contribution < -0.4 is 10.6 Å². The number of nitrogens with one attached hydrogen (secondary N) is 2. The molecule has 1 aliphatic heterocycles. The molecule has 0 saturated heterocycles. The minimum absolute atomic E-state index is 0.161. The molecule has 8 heteroatoms. The van der Waals surface area contributed by atoms with Crippen molar-refractivity contribution >= 4 is 11.5 Å². The Morgan fingerprint density at radius 2 is 1.72 bits per heavy atom. The van der Waals surface area contributed by atoms with Gasteiger partial charge in [0.25, 0.3) is 0 Å². The molecule has 3 aromatic carbocycles. The van der Waals surface area contributed by atoms with Crippen molar-refractivity contribution in [2.45, 2.75) is 32.1 Å². The summed E-state index contributed by atoms with van der Waals surface area (Å²) in [6.07, 6.45) is -3.10. The Hall–Kier alpha value is -3.23. The van der Waals surface area contributed by atoms with Crippen molar-refractivity contribution < 1.29 is 17.6 Å². The van der Waals surface area contributed by atoms with Crippen molar-refractivity contribution in [3.63, 3.8) is 0 Å². The molecule has 0 amide bonds. The minimum Gasteiger partial charge on any atom is -0.339 e. The molecule has 1 aliphatic rings. The molecule has 0 saturated carbocycles. The van der Waals surface area contributed by atoms with Gasteiger partial charge in [0.1, 0.15) is 17.8 Å². The number of fused-ring (bicyclic) bond motifs is 1. The second kappa shape index (κ2) is 10.8. The second-order valence-corrected chi connectivity index (χ2v) is 9.16. The number of hydrogen-bond acceptors (Lipinski definition) is 4. The lowest BCUT2D eigenvalue weighted by Gasteiger charge is -2.28. The maximum atomic E-state index is 14.0. The largest absolute Gasteiger partial charge is 0.416 e. The van der Waals surface area contributed by atoms with Crippen LogP contribution in [0, 0.1) is 5.82 Å². The number of rotatable bonds is 8. The van der Waals surface area contributed by atoms with E-state index in [1.807, 2.05) is 32.3 Å². The molecular formula is C28H30F4N4. The summed E-state index contributed by atoms with van der Waals surface area (Å²) in [4.78, 5) is 7.05. The number of benzene rings is 3. The first kappa shape index (κ1) is 25.9. The Bertz CT molecular complexity index is 1250. The normalized spacial score (nSPS) is 15.4. The lowest BCUT2D eigenvalue weighted by Crippen LogP contribution is -2.31. The summed E-state index contributed by atoms with van der Waals surface area (Å²) in [5, 5.41) is 6.98. The summed E-state index contributed by atoms with van der Waals surface area (Å²) in [7, 11) is 4.07. The molecule has 0 radical (unpaired) electrons. The van der Waals surface area contributed by atoms with Gasteiger partial charge in [-0.3, -0.25) is 5.32 Å². The van der Waals surface area contributed by atoms with E-state index < -0.39 is 17.6 Å². The molecule has 0 aromatic heterocycles.